The maximum atomic E-state index is 12.5. The van der Waals surface area contributed by atoms with Gasteiger partial charge in [0.05, 0.1) is 13.2 Å². The molecule has 0 unspecified atom stereocenters. The highest BCUT2D eigenvalue weighted by Crippen LogP contribution is 2.23. The van der Waals surface area contributed by atoms with E-state index in [2.05, 4.69) is 55.7 Å². The van der Waals surface area contributed by atoms with Crippen molar-refractivity contribution >= 4 is 5.91 Å². The van der Waals surface area contributed by atoms with E-state index in [1.807, 2.05) is 31.2 Å². The van der Waals surface area contributed by atoms with E-state index in [4.69, 9.17) is 4.74 Å². The van der Waals surface area contributed by atoms with Crippen molar-refractivity contribution < 1.29 is 9.53 Å². The van der Waals surface area contributed by atoms with Crippen LogP contribution < -0.4 is 15.4 Å². The van der Waals surface area contributed by atoms with E-state index < -0.39 is 0 Å². The van der Waals surface area contributed by atoms with E-state index in [-0.39, 0.29) is 18.0 Å². The van der Waals surface area contributed by atoms with E-state index in [9.17, 15) is 4.79 Å². The Hall–Kier alpha value is -2.33. The number of aryl methyl sites for hydroxylation is 1. The molecule has 146 valence electrons. The standard InChI is InChI=1S/C23H32N2O2/c1-6-18-7-11-20(12-8-18)22(16(2)3)25-17(4)23(26)24-15-19-9-13-21(27-5)14-10-19/h7-14,16-17,22,25H,6,15H2,1-5H3,(H,24,26)/t17-,22+/m1/s1. The number of carbonyl (C=O) groups excluding carboxylic acids is 1. The van der Waals surface area contributed by atoms with E-state index in [0.717, 1.165) is 17.7 Å². The van der Waals surface area contributed by atoms with E-state index in [1.165, 1.54) is 11.1 Å². The second kappa shape index (κ2) is 10.1. The summed E-state index contributed by atoms with van der Waals surface area (Å²) in [7, 11) is 1.64. The highest BCUT2D eigenvalue weighted by molar-refractivity contribution is 5.81. The highest BCUT2D eigenvalue weighted by atomic mass is 16.5. The first kappa shape index (κ1) is 21.0. The minimum atomic E-state index is -0.276. The lowest BCUT2D eigenvalue weighted by Gasteiger charge is -2.26. The molecule has 2 atom stereocenters. The summed E-state index contributed by atoms with van der Waals surface area (Å²) < 4.78 is 5.16. The van der Waals surface area contributed by atoms with Crippen LogP contribution in [0.5, 0.6) is 5.75 Å². The van der Waals surface area contributed by atoms with Crippen molar-refractivity contribution in [1.29, 1.82) is 0 Å². The first-order valence-electron chi connectivity index (χ1n) is 9.70. The van der Waals surface area contributed by atoms with Crippen molar-refractivity contribution in [3.05, 3.63) is 65.2 Å². The van der Waals surface area contributed by atoms with E-state index in [1.54, 1.807) is 7.11 Å². The summed E-state index contributed by atoms with van der Waals surface area (Å²) in [6.07, 6.45) is 1.03. The molecule has 4 heteroatoms. The van der Waals surface area contributed by atoms with Crippen LogP contribution >= 0.6 is 0 Å². The molecule has 0 fully saturated rings. The van der Waals surface area contributed by atoms with Crippen molar-refractivity contribution in [3.63, 3.8) is 0 Å². The second-order valence-corrected chi connectivity index (χ2v) is 7.27. The zero-order valence-electron chi connectivity index (χ0n) is 17.1. The number of rotatable bonds is 9. The van der Waals surface area contributed by atoms with Gasteiger partial charge < -0.3 is 10.1 Å². The number of carbonyl (C=O) groups is 1. The smallest absolute Gasteiger partial charge is 0.237 e. The van der Waals surface area contributed by atoms with Gasteiger partial charge in [0.1, 0.15) is 5.75 Å². The Balaban J connectivity index is 1.94. The van der Waals surface area contributed by atoms with Crippen LogP contribution in [0.2, 0.25) is 0 Å². The van der Waals surface area contributed by atoms with Gasteiger partial charge in [-0.1, -0.05) is 57.2 Å². The average Bonchev–Trinajstić information content (AvgIpc) is 2.70. The Morgan fingerprint density at radius 3 is 2.07 bits per heavy atom. The van der Waals surface area contributed by atoms with Crippen molar-refractivity contribution in [3.8, 4) is 5.75 Å². The maximum absolute atomic E-state index is 12.5. The van der Waals surface area contributed by atoms with E-state index >= 15 is 0 Å². The molecule has 27 heavy (non-hydrogen) atoms. The molecule has 0 radical (unpaired) electrons. The summed E-state index contributed by atoms with van der Waals surface area (Å²) in [5.74, 6) is 1.20. The van der Waals surface area contributed by atoms with Crippen LogP contribution in [0.25, 0.3) is 0 Å². The molecular weight excluding hydrogens is 336 g/mol. The molecule has 4 nitrogen and oxygen atoms in total. The summed E-state index contributed by atoms with van der Waals surface area (Å²) in [5.41, 5.74) is 3.59. The third kappa shape index (κ3) is 6.10. The molecule has 0 spiro atoms. The van der Waals surface area contributed by atoms with Crippen LogP contribution in [0.15, 0.2) is 48.5 Å². The van der Waals surface area contributed by atoms with Crippen molar-refractivity contribution in [2.45, 2.75) is 52.7 Å². The van der Waals surface area contributed by atoms with Gasteiger partial charge in [-0.25, -0.2) is 0 Å². The predicted molar refractivity (Wildman–Crippen MR) is 111 cm³/mol. The van der Waals surface area contributed by atoms with Crippen molar-refractivity contribution in [2.75, 3.05) is 7.11 Å². The molecule has 0 bridgehead atoms. The lowest BCUT2D eigenvalue weighted by molar-refractivity contribution is -0.123. The third-order valence-electron chi connectivity index (χ3n) is 4.86. The van der Waals surface area contributed by atoms with Crippen LogP contribution in [0.4, 0.5) is 0 Å². The predicted octanol–water partition coefficient (Wildman–Crippen LogP) is 4.25. The largest absolute Gasteiger partial charge is 0.497 e. The van der Waals surface area contributed by atoms with Crippen LogP contribution in [0.1, 0.15) is 50.4 Å². The van der Waals surface area contributed by atoms with Crippen LogP contribution in [0, 0.1) is 5.92 Å². The van der Waals surface area contributed by atoms with Gasteiger partial charge in [0.2, 0.25) is 5.91 Å². The topological polar surface area (TPSA) is 50.4 Å². The van der Waals surface area contributed by atoms with Gasteiger partial charge >= 0.3 is 0 Å². The molecule has 2 rings (SSSR count). The molecular formula is C23H32N2O2. The lowest BCUT2D eigenvalue weighted by atomic mass is 9.94. The average molecular weight is 369 g/mol. The molecule has 2 aromatic carbocycles. The first-order chi connectivity index (χ1) is 12.9. The number of hydrogen-bond acceptors (Lipinski definition) is 3. The maximum Gasteiger partial charge on any atom is 0.237 e. The molecule has 0 aromatic heterocycles. The fourth-order valence-corrected chi connectivity index (χ4v) is 3.06. The Morgan fingerprint density at radius 2 is 1.56 bits per heavy atom. The number of nitrogens with one attached hydrogen (secondary N) is 2. The van der Waals surface area contributed by atoms with Gasteiger partial charge in [-0.05, 0) is 48.1 Å². The molecule has 1 amide bonds. The molecule has 0 saturated carbocycles. The van der Waals surface area contributed by atoms with E-state index in [0.29, 0.717) is 12.5 Å². The van der Waals surface area contributed by atoms with Crippen LogP contribution in [-0.2, 0) is 17.8 Å². The molecule has 0 aliphatic carbocycles. The summed E-state index contributed by atoms with van der Waals surface area (Å²) in [6, 6.07) is 16.3. The zero-order chi connectivity index (χ0) is 19.8. The number of benzene rings is 2. The second-order valence-electron chi connectivity index (χ2n) is 7.27. The molecule has 0 aliphatic heterocycles. The van der Waals surface area contributed by atoms with Gasteiger partial charge in [-0.15, -0.1) is 0 Å². The normalized spacial score (nSPS) is 13.3. The number of ether oxygens (including phenoxy) is 1. The molecule has 0 heterocycles. The third-order valence-corrected chi connectivity index (χ3v) is 4.86. The summed E-state index contributed by atoms with van der Waals surface area (Å²) in [4.78, 5) is 12.5. The molecule has 2 N–H and O–H groups in total. The van der Waals surface area contributed by atoms with Gasteiger partial charge in [-0.2, -0.15) is 0 Å². The number of methoxy groups -OCH3 is 1. The Morgan fingerprint density at radius 1 is 0.963 bits per heavy atom. The van der Waals surface area contributed by atoms with Crippen LogP contribution in [-0.4, -0.2) is 19.1 Å². The minimum Gasteiger partial charge on any atom is -0.497 e. The minimum absolute atomic E-state index is 0.00152. The Bertz CT molecular complexity index is 708. The van der Waals surface area contributed by atoms with Gasteiger partial charge in [0.15, 0.2) is 0 Å². The Labute approximate surface area is 163 Å². The fourth-order valence-electron chi connectivity index (χ4n) is 3.06. The molecule has 0 aliphatic rings. The van der Waals surface area contributed by atoms with Crippen molar-refractivity contribution in [1.82, 2.24) is 10.6 Å². The zero-order valence-corrected chi connectivity index (χ0v) is 17.1. The SMILES string of the molecule is CCc1ccc([C@@H](N[C@H](C)C(=O)NCc2ccc(OC)cc2)C(C)C)cc1. The number of amides is 1. The monoisotopic (exact) mass is 368 g/mol. The van der Waals surface area contributed by atoms with Gasteiger partial charge in [0, 0.05) is 12.6 Å². The molecule has 2 aromatic rings. The summed E-state index contributed by atoms with van der Waals surface area (Å²) in [6.45, 7) is 8.93. The lowest BCUT2D eigenvalue weighted by Crippen LogP contribution is -2.44. The van der Waals surface area contributed by atoms with Gasteiger partial charge in [0.25, 0.3) is 0 Å². The van der Waals surface area contributed by atoms with Crippen molar-refractivity contribution in [2.24, 2.45) is 5.92 Å². The fraction of sp³-hybridized carbons (Fsp3) is 0.435. The first-order valence-corrected chi connectivity index (χ1v) is 9.70. The molecule has 0 saturated heterocycles. The van der Waals surface area contributed by atoms with Crippen LogP contribution in [0.3, 0.4) is 0 Å². The Kier molecular flexibility index (Phi) is 7.86. The summed E-state index contributed by atoms with van der Waals surface area (Å²) in [5, 5.41) is 6.50. The quantitative estimate of drug-likeness (QED) is 0.696. The van der Waals surface area contributed by atoms with Gasteiger partial charge in [-0.3, -0.25) is 10.1 Å². The summed E-state index contributed by atoms with van der Waals surface area (Å²) >= 11 is 0. The highest BCUT2D eigenvalue weighted by Gasteiger charge is 2.21. The number of hydrogen-bond donors (Lipinski definition) is 2.